The third-order valence-corrected chi connectivity index (χ3v) is 4.26. The van der Waals surface area contributed by atoms with E-state index in [0.29, 0.717) is 24.3 Å². The van der Waals surface area contributed by atoms with Crippen molar-refractivity contribution in [1.82, 2.24) is 0 Å². The number of hydrogen-bond acceptors (Lipinski definition) is 2. The van der Waals surface area contributed by atoms with E-state index in [1.54, 1.807) is 0 Å². The number of alkyl halides is 12. The van der Waals surface area contributed by atoms with Crippen LogP contribution < -0.4 is 0 Å². The van der Waals surface area contributed by atoms with Gasteiger partial charge in [-0.25, -0.2) is 0 Å². The number of halogens is 14. The Morgan fingerprint density at radius 3 is 0.865 bits per heavy atom. The van der Waals surface area contributed by atoms with Crippen molar-refractivity contribution in [3.05, 3.63) is 58.7 Å². The molecule has 0 aromatic heterocycles. The van der Waals surface area contributed by atoms with Crippen LogP contribution in [0.4, 0.5) is 64.1 Å². The molecule has 2 aromatic carbocycles. The normalized spacial score (nSPS) is 13.9. The molecule has 0 unspecified atom stereocenters. The average Bonchev–Trinajstić information content (AvgIpc) is 2.71. The van der Waals surface area contributed by atoms with Crippen LogP contribution in [0.25, 0.3) is 0 Å². The van der Waals surface area contributed by atoms with Gasteiger partial charge in [0.2, 0.25) is 0 Å². The van der Waals surface area contributed by atoms with Gasteiger partial charge in [-0.15, -0.1) is 0 Å². The second-order valence-electron chi connectivity index (χ2n) is 6.97. The van der Waals surface area contributed by atoms with Crippen molar-refractivity contribution in [3.63, 3.8) is 0 Å². The fraction of sp³-hybridized carbons (Fsp3) is 0.300. The van der Waals surface area contributed by atoms with E-state index in [1.165, 1.54) is 10.9 Å². The molecule has 0 radical (unpaired) electrons. The van der Waals surface area contributed by atoms with Gasteiger partial charge >= 0.3 is 64.1 Å². The van der Waals surface area contributed by atoms with Crippen molar-refractivity contribution in [1.29, 1.82) is 0 Å². The summed E-state index contributed by atoms with van der Waals surface area (Å²) in [5, 5.41) is 0. The molecule has 0 saturated carbocycles. The first-order valence-corrected chi connectivity index (χ1v) is 14.0. The average molecular weight is 727 g/mol. The van der Waals surface area contributed by atoms with Gasteiger partial charge in [0.25, 0.3) is 0 Å². The fourth-order valence-corrected chi connectivity index (χ4v) is 2.56. The van der Waals surface area contributed by atoms with Crippen LogP contribution in [0.15, 0.2) is 46.4 Å². The van der Waals surface area contributed by atoms with Gasteiger partial charge < -0.3 is 0 Å². The molecule has 0 aliphatic rings. The zero-order valence-electron chi connectivity index (χ0n) is 18.0. The molecule has 2 aromatic rings. The van der Waals surface area contributed by atoms with Crippen molar-refractivity contribution >= 4 is 51.2 Å². The van der Waals surface area contributed by atoms with Crippen LogP contribution in [0.1, 0.15) is 36.1 Å². The molecule has 0 fully saturated rings. The number of rotatable bonds is 3. The molecule has 0 amide bonds. The van der Waals surface area contributed by atoms with Crippen molar-refractivity contribution < 1.29 is 63.6 Å². The van der Waals surface area contributed by atoms with E-state index >= 15 is 0 Å². The van der Waals surface area contributed by atoms with Gasteiger partial charge in [0.15, 0.2) is 0 Å². The quantitative estimate of drug-likeness (QED) is 0.171. The van der Waals surface area contributed by atoms with E-state index in [-0.39, 0.29) is 23.6 Å². The van der Waals surface area contributed by atoms with Gasteiger partial charge in [-0.05, 0) is 50.2 Å². The Balaban J connectivity index is 0.00000217. The summed E-state index contributed by atoms with van der Waals surface area (Å²) in [4.78, 5) is 7.17. The van der Waals surface area contributed by atoms with Crippen LogP contribution >= 0.6 is 28.5 Å². The van der Waals surface area contributed by atoms with Crippen LogP contribution in [0.3, 0.4) is 0 Å². The fourth-order valence-electron chi connectivity index (χ4n) is 2.56. The van der Waals surface area contributed by atoms with Gasteiger partial charge in [0.1, 0.15) is 0 Å². The number of nitrogens with zero attached hydrogens (tertiary/aromatic N) is 2. The summed E-state index contributed by atoms with van der Waals surface area (Å²) >= 11 is 6.00. The second-order valence-corrected chi connectivity index (χ2v) is 12.0. The Morgan fingerprint density at radius 2 is 0.703 bits per heavy atom. The van der Waals surface area contributed by atoms with E-state index in [1.807, 2.05) is 0 Å². The van der Waals surface area contributed by atoms with Crippen molar-refractivity contribution in [3.8, 4) is 0 Å². The molecule has 2 nitrogen and oxygen atoms in total. The van der Waals surface area contributed by atoms with E-state index in [2.05, 4.69) is 38.4 Å². The van der Waals surface area contributed by atoms with Crippen molar-refractivity contribution in [2.24, 2.45) is 9.98 Å². The van der Waals surface area contributed by atoms with E-state index in [4.69, 9.17) is 0 Å². The molecule has 0 N–H and O–H groups in total. The SMILES string of the molecule is CC(=Nc1cc(C(F)(F)F)cc(C(F)(F)F)c1)C(C)=Nc1cc(C(F)(F)F)cc(C(F)(F)F)c1.[Br][Ni][Br]. The Morgan fingerprint density at radius 1 is 0.514 bits per heavy atom. The Labute approximate surface area is 221 Å². The monoisotopic (exact) mass is 724 g/mol. The summed E-state index contributed by atoms with van der Waals surface area (Å²) in [6, 6.07) is 0.958. The van der Waals surface area contributed by atoms with Crippen LogP contribution in [-0.4, -0.2) is 11.4 Å². The van der Waals surface area contributed by atoms with E-state index in [0.717, 1.165) is 13.8 Å². The first-order valence-electron chi connectivity index (χ1n) is 9.12. The zero-order chi connectivity index (χ0) is 29.0. The molecular formula is C20H12Br2F12N2Ni. The first-order chi connectivity index (χ1) is 16.6. The van der Waals surface area contributed by atoms with Gasteiger partial charge in [0.05, 0.1) is 45.1 Å². The van der Waals surface area contributed by atoms with Crippen LogP contribution in [0.5, 0.6) is 0 Å². The minimum absolute atomic E-state index is 0.128. The molecule has 37 heavy (non-hydrogen) atoms. The van der Waals surface area contributed by atoms with Gasteiger partial charge in [-0.1, -0.05) is 0 Å². The van der Waals surface area contributed by atoms with Crippen molar-refractivity contribution in [2.75, 3.05) is 0 Å². The molecule has 0 atom stereocenters. The Bertz CT molecular complexity index is 996. The molecule has 0 spiro atoms. The molecule has 0 aliphatic carbocycles. The van der Waals surface area contributed by atoms with E-state index in [9.17, 15) is 52.7 Å². The Hall–Kier alpha value is -1.61. The summed E-state index contributed by atoms with van der Waals surface area (Å²) in [5.41, 5.74) is -8.92. The number of benzene rings is 2. The third kappa shape index (κ3) is 10.6. The molecular weight excluding hydrogens is 715 g/mol. The minimum atomic E-state index is -5.14. The molecule has 0 bridgehead atoms. The molecule has 0 saturated heterocycles. The topological polar surface area (TPSA) is 24.7 Å². The third-order valence-electron chi connectivity index (χ3n) is 4.26. The standard InChI is InChI=1S/C20H12F12N2.2BrH.Ni/c1-9(33-15-5-11(17(21,22)23)3-12(6-15)18(24,25)26)10(2)34-16-7-13(19(27,28)29)4-14(8-16)20(30,31)32;;;/h3-8H,1-2H3;2*1H;/q;;;+2/p-2. The molecule has 0 aliphatic heterocycles. The predicted octanol–water partition coefficient (Wildman–Crippen LogP) is 10.3. The van der Waals surface area contributed by atoms with Crippen molar-refractivity contribution in [2.45, 2.75) is 38.6 Å². The van der Waals surface area contributed by atoms with Gasteiger partial charge in [-0.2, -0.15) is 52.7 Å². The second kappa shape index (κ2) is 12.5. The van der Waals surface area contributed by atoms with Crippen LogP contribution in [0, 0.1) is 0 Å². The molecule has 0 heterocycles. The summed E-state index contributed by atoms with van der Waals surface area (Å²) in [5.74, 6) is 0. The Kier molecular flexibility index (Phi) is 11.3. The summed E-state index contributed by atoms with van der Waals surface area (Å²) in [6.07, 6.45) is -20.6. The predicted molar refractivity (Wildman–Crippen MR) is 116 cm³/mol. The summed E-state index contributed by atoms with van der Waals surface area (Å²) in [7, 11) is 1.25. The summed E-state index contributed by atoms with van der Waals surface area (Å²) < 4.78 is 156. The molecule has 17 heteroatoms. The zero-order valence-corrected chi connectivity index (χ0v) is 22.1. The van der Waals surface area contributed by atoms with E-state index < -0.39 is 58.3 Å². The first kappa shape index (κ1) is 33.4. The number of aliphatic imine (C=N–C) groups is 2. The maximum atomic E-state index is 13.0. The van der Waals surface area contributed by atoms with Gasteiger partial charge in [-0.3, -0.25) is 9.98 Å². The maximum absolute atomic E-state index is 13.0. The van der Waals surface area contributed by atoms with Crippen LogP contribution in [0.2, 0.25) is 0 Å². The summed E-state index contributed by atoms with van der Waals surface area (Å²) in [6.45, 7) is 2.12. The number of hydrogen-bond donors (Lipinski definition) is 0. The van der Waals surface area contributed by atoms with Gasteiger partial charge in [0, 0.05) is 0 Å². The molecule has 2 rings (SSSR count). The molecule has 210 valence electrons. The van der Waals surface area contributed by atoms with Crippen LogP contribution in [-0.2, 0) is 35.6 Å².